The van der Waals surface area contributed by atoms with E-state index in [0.29, 0.717) is 4.91 Å². The zero-order valence-electron chi connectivity index (χ0n) is 21.4. The number of carbonyl (C=O) groups excluding carboxylic acids is 2. The number of amides is 2. The summed E-state index contributed by atoms with van der Waals surface area (Å²) in [6, 6.07) is 18.3. The summed E-state index contributed by atoms with van der Waals surface area (Å²) < 4.78 is 13.4. The molecule has 1 aromatic heterocycles. The van der Waals surface area contributed by atoms with Gasteiger partial charge in [0.2, 0.25) is 0 Å². The van der Waals surface area contributed by atoms with Crippen LogP contribution in [0.5, 0.6) is 5.75 Å². The van der Waals surface area contributed by atoms with E-state index in [-0.39, 0.29) is 24.3 Å². The van der Waals surface area contributed by atoms with Crippen molar-refractivity contribution >= 4 is 34.7 Å². The lowest BCUT2D eigenvalue weighted by atomic mass is 10.2. The molecule has 0 aliphatic carbocycles. The summed E-state index contributed by atoms with van der Waals surface area (Å²) in [5.74, 6) is 0.445. The molecule has 7 nitrogen and oxygen atoms in total. The fraction of sp³-hybridized carbons (Fsp3) is 0.310. The van der Waals surface area contributed by atoms with Crippen LogP contribution in [0.15, 0.2) is 59.5 Å². The highest BCUT2D eigenvalue weighted by atomic mass is 32.2. The van der Waals surface area contributed by atoms with Gasteiger partial charge in [-0.25, -0.2) is 0 Å². The van der Waals surface area contributed by atoms with Crippen molar-refractivity contribution in [2.24, 2.45) is 0 Å². The maximum Gasteiger partial charge on any atom is 0.293 e. The molecule has 3 aromatic rings. The molecule has 0 radical (unpaired) electrons. The standard InChI is InChI=1S/C29H31N3O4S/c1-20-4-10-26(11-5-20)36-17-14-31-28(33)27(37-29(31)34)19-23-18-21(2)32(22(23)3)25-8-6-24(7-9-25)30-12-15-35-16-13-30/h4-11,18-19H,12-17H2,1-3H3/b27-19-. The minimum absolute atomic E-state index is 0.213. The summed E-state index contributed by atoms with van der Waals surface area (Å²) in [7, 11) is 0. The average molecular weight is 518 g/mol. The number of morpholine rings is 1. The third-order valence-corrected chi connectivity index (χ3v) is 7.63. The van der Waals surface area contributed by atoms with E-state index in [1.54, 1.807) is 0 Å². The number of hydrogen-bond donors (Lipinski definition) is 0. The first-order valence-electron chi connectivity index (χ1n) is 12.5. The van der Waals surface area contributed by atoms with Crippen LogP contribution in [-0.4, -0.2) is 60.1 Å². The van der Waals surface area contributed by atoms with Gasteiger partial charge in [0.05, 0.1) is 24.7 Å². The molecular formula is C29H31N3O4S. The molecule has 5 rings (SSSR count). The van der Waals surface area contributed by atoms with E-state index in [2.05, 4.69) is 39.8 Å². The fourth-order valence-electron chi connectivity index (χ4n) is 4.69. The number of aryl methyl sites for hydroxylation is 2. The number of hydrogen-bond acceptors (Lipinski definition) is 6. The summed E-state index contributed by atoms with van der Waals surface area (Å²) in [4.78, 5) is 29.6. The Balaban J connectivity index is 1.28. The normalized spacial score (nSPS) is 17.2. The smallest absolute Gasteiger partial charge is 0.293 e. The van der Waals surface area contributed by atoms with E-state index >= 15 is 0 Å². The van der Waals surface area contributed by atoms with E-state index in [0.717, 1.165) is 72.0 Å². The molecule has 0 bridgehead atoms. The van der Waals surface area contributed by atoms with Gasteiger partial charge in [0, 0.05) is 35.9 Å². The number of anilines is 1. The predicted molar refractivity (Wildman–Crippen MR) is 148 cm³/mol. The SMILES string of the molecule is Cc1ccc(OCCN2C(=O)S/C(=C\c3cc(C)n(-c4ccc(N5CCOCC5)cc4)c3C)C2=O)cc1. The highest BCUT2D eigenvalue weighted by molar-refractivity contribution is 8.18. The Morgan fingerprint density at radius 1 is 0.946 bits per heavy atom. The molecule has 37 heavy (non-hydrogen) atoms. The minimum Gasteiger partial charge on any atom is -0.492 e. The number of aromatic nitrogens is 1. The third-order valence-electron chi connectivity index (χ3n) is 6.72. The topological polar surface area (TPSA) is 64.0 Å². The van der Waals surface area contributed by atoms with Crippen LogP contribution in [-0.2, 0) is 9.53 Å². The molecular weight excluding hydrogens is 486 g/mol. The lowest BCUT2D eigenvalue weighted by Gasteiger charge is -2.29. The van der Waals surface area contributed by atoms with Crippen molar-refractivity contribution in [3.05, 3.63) is 82.0 Å². The zero-order chi connectivity index (χ0) is 25.9. The Morgan fingerprint density at radius 2 is 1.62 bits per heavy atom. The molecule has 0 atom stereocenters. The van der Waals surface area contributed by atoms with Crippen LogP contribution in [0.1, 0.15) is 22.5 Å². The quantitative estimate of drug-likeness (QED) is 0.394. The summed E-state index contributed by atoms with van der Waals surface area (Å²) in [5.41, 5.74) is 6.41. The van der Waals surface area contributed by atoms with Gasteiger partial charge in [0.15, 0.2) is 0 Å². The van der Waals surface area contributed by atoms with Gasteiger partial charge < -0.3 is 18.9 Å². The van der Waals surface area contributed by atoms with Gasteiger partial charge in [-0.1, -0.05) is 17.7 Å². The van der Waals surface area contributed by atoms with Crippen molar-refractivity contribution in [3.63, 3.8) is 0 Å². The Bertz CT molecular complexity index is 1320. The van der Waals surface area contributed by atoms with Gasteiger partial charge in [0.1, 0.15) is 12.4 Å². The van der Waals surface area contributed by atoms with Gasteiger partial charge >= 0.3 is 0 Å². The number of rotatable bonds is 7. The number of carbonyl (C=O) groups is 2. The number of imide groups is 1. The van der Waals surface area contributed by atoms with Crippen LogP contribution < -0.4 is 9.64 Å². The maximum atomic E-state index is 13.0. The van der Waals surface area contributed by atoms with E-state index < -0.39 is 0 Å². The fourth-order valence-corrected chi connectivity index (χ4v) is 5.54. The van der Waals surface area contributed by atoms with Crippen LogP contribution in [0.25, 0.3) is 11.8 Å². The van der Waals surface area contributed by atoms with Gasteiger partial charge in [0.25, 0.3) is 11.1 Å². The van der Waals surface area contributed by atoms with E-state index in [1.165, 1.54) is 10.6 Å². The highest BCUT2D eigenvalue weighted by Crippen LogP contribution is 2.34. The highest BCUT2D eigenvalue weighted by Gasteiger charge is 2.35. The van der Waals surface area contributed by atoms with E-state index in [4.69, 9.17) is 9.47 Å². The zero-order valence-corrected chi connectivity index (χ0v) is 22.2. The molecule has 2 fully saturated rings. The molecule has 0 saturated carbocycles. The summed E-state index contributed by atoms with van der Waals surface area (Å²) in [6.45, 7) is 9.88. The van der Waals surface area contributed by atoms with Crippen molar-refractivity contribution in [2.45, 2.75) is 20.8 Å². The molecule has 0 spiro atoms. The van der Waals surface area contributed by atoms with Crippen molar-refractivity contribution in [1.29, 1.82) is 0 Å². The molecule has 8 heteroatoms. The summed E-state index contributed by atoms with van der Waals surface area (Å²) in [5, 5.41) is -0.267. The van der Waals surface area contributed by atoms with Gasteiger partial charge in [-0.3, -0.25) is 14.5 Å². The molecule has 2 saturated heterocycles. The van der Waals surface area contributed by atoms with E-state index in [1.807, 2.05) is 51.1 Å². The maximum absolute atomic E-state index is 13.0. The van der Waals surface area contributed by atoms with Crippen LogP contribution in [0.4, 0.5) is 10.5 Å². The van der Waals surface area contributed by atoms with Crippen molar-refractivity contribution in [1.82, 2.24) is 9.47 Å². The Labute approximate surface area is 221 Å². The first-order valence-corrected chi connectivity index (χ1v) is 13.3. The molecule has 2 aliphatic rings. The van der Waals surface area contributed by atoms with Crippen LogP contribution in [0.2, 0.25) is 0 Å². The average Bonchev–Trinajstić information content (AvgIpc) is 3.34. The van der Waals surface area contributed by atoms with E-state index in [9.17, 15) is 9.59 Å². The second-order valence-corrected chi connectivity index (χ2v) is 10.3. The number of benzene rings is 2. The van der Waals surface area contributed by atoms with Gasteiger partial charge in [-0.05, 0) is 86.6 Å². The van der Waals surface area contributed by atoms with Crippen molar-refractivity contribution in [3.8, 4) is 11.4 Å². The second-order valence-electron chi connectivity index (χ2n) is 9.27. The second kappa shape index (κ2) is 10.9. The largest absolute Gasteiger partial charge is 0.492 e. The lowest BCUT2D eigenvalue weighted by Crippen LogP contribution is -2.36. The molecule has 0 unspecified atom stereocenters. The Kier molecular flexibility index (Phi) is 7.39. The molecule has 3 heterocycles. The predicted octanol–water partition coefficient (Wildman–Crippen LogP) is 5.35. The number of nitrogens with zero attached hydrogens (tertiary/aromatic N) is 3. The molecule has 192 valence electrons. The molecule has 2 aromatic carbocycles. The first kappa shape index (κ1) is 25.2. The Morgan fingerprint density at radius 3 is 2.32 bits per heavy atom. The molecule has 2 aliphatic heterocycles. The lowest BCUT2D eigenvalue weighted by molar-refractivity contribution is -0.123. The first-order chi connectivity index (χ1) is 17.9. The third kappa shape index (κ3) is 5.45. The van der Waals surface area contributed by atoms with Crippen molar-refractivity contribution in [2.75, 3.05) is 44.4 Å². The van der Waals surface area contributed by atoms with Crippen molar-refractivity contribution < 1.29 is 19.1 Å². The summed E-state index contributed by atoms with van der Waals surface area (Å²) in [6.07, 6.45) is 1.83. The summed E-state index contributed by atoms with van der Waals surface area (Å²) >= 11 is 0.980. The van der Waals surface area contributed by atoms with Crippen LogP contribution in [0.3, 0.4) is 0 Å². The number of ether oxygens (including phenoxy) is 2. The number of thioether (sulfide) groups is 1. The molecule has 2 amide bonds. The van der Waals surface area contributed by atoms with Gasteiger partial charge in [-0.2, -0.15) is 0 Å². The Hall–Kier alpha value is -3.49. The minimum atomic E-state index is -0.276. The monoisotopic (exact) mass is 517 g/mol. The molecule has 0 N–H and O–H groups in total. The van der Waals surface area contributed by atoms with Gasteiger partial charge in [-0.15, -0.1) is 0 Å². The van der Waals surface area contributed by atoms with Crippen LogP contribution in [0, 0.1) is 20.8 Å². The van der Waals surface area contributed by atoms with Crippen LogP contribution >= 0.6 is 11.8 Å².